The Kier molecular flexibility index (Phi) is 5.24. The lowest BCUT2D eigenvalue weighted by Crippen LogP contribution is -1.92. The van der Waals surface area contributed by atoms with Crippen molar-refractivity contribution in [2.75, 3.05) is 0 Å². The molecular formula is C40H26. The lowest BCUT2D eigenvalue weighted by atomic mass is 9.85. The highest BCUT2D eigenvalue weighted by Crippen LogP contribution is 2.43. The zero-order chi connectivity index (χ0) is 26.5. The predicted octanol–water partition coefficient (Wildman–Crippen LogP) is 11.3. The molecule has 0 unspecified atom stereocenters. The monoisotopic (exact) mass is 506 g/mol. The molecular weight excluding hydrogens is 480 g/mol. The molecule has 0 spiro atoms. The normalized spacial score (nSPS) is 11.5. The van der Waals surface area contributed by atoms with Crippen LogP contribution in [0, 0.1) is 0 Å². The fourth-order valence-electron chi connectivity index (χ4n) is 6.12. The van der Waals surface area contributed by atoms with Crippen molar-refractivity contribution >= 4 is 43.1 Å². The van der Waals surface area contributed by atoms with Crippen molar-refractivity contribution in [2.45, 2.75) is 0 Å². The summed E-state index contributed by atoms with van der Waals surface area (Å²) >= 11 is 0. The van der Waals surface area contributed by atoms with Gasteiger partial charge in [-0.1, -0.05) is 121 Å². The van der Waals surface area contributed by atoms with Crippen molar-refractivity contribution in [3.63, 3.8) is 0 Å². The van der Waals surface area contributed by atoms with E-state index in [9.17, 15) is 0 Å². The van der Waals surface area contributed by atoms with Gasteiger partial charge in [0.2, 0.25) is 0 Å². The maximum Gasteiger partial charge on any atom is -0.00926 e. The minimum Gasteiger partial charge on any atom is -0.0616 e. The molecule has 0 heteroatoms. The van der Waals surface area contributed by atoms with E-state index >= 15 is 0 Å². The van der Waals surface area contributed by atoms with Gasteiger partial charge in [0.15, 0.2) is 0 Å². The summed E-state index contributed by atoms with van der Waals surface area (Å²) in [5.41, 5.74) is 7.48. The second-order valence-corrected chi connectivity index (χ2v) is 10.6. The Morgan fingerprint density at radius 3 is 0.825 bits per heavy atom. The molecule has 8 rings (SSSR count). The number of benzene rings is 8. The number of hydrogen-bond donors (Lipinski definition) is 0. The van der Waals surface area contributed by atoms with E-state index < -0.39 is 0 Å². The van der Waals surface area contributed by atoms with Crippen molar-refractivity contribution < 1.29 is 0 Å². The fourth-order valence-corrected chi connectivity index (χ4v) is 6.12. The van der Waals surface area contributed by atoms with Gasteiger partial charge in [-0.15, -0.1) is 0 Å². The molecule has 0 radical (unpaired) electrons. The molecule has 0 bridgehead atoms. The number of rotatable bonds is 3. The van der Waals surface area contributed by atoms with Crippen molar-refractivity contribution in [1.82, 2.24) is 0 Å². The van der Waals surface area contributed by atoms with E-state index in [0.717, 1.165) is 0 Å². The molecule has 0 fully saturated rings. The lowest BCUT2D eigenvalue weighted by Gasteiger charge is -2.18. The summed E-state index contributed by atoms with van der Waals surface area (Å²) in [7, 11) is 0. The Morgan fingerprint density at radius 2 is 0.475 bits per heavy atom. The van der Waals surface area contributed by atoms with Crippen LogP contribution >= 0.6 is 0 Å². The van der Waals surface area contributed by atoms with Crippen LogP contribution in [0.1, 0.15) is 0 Å². The van der Waals surface area contributed by atoms with Gasteiger partial charge in [-0.25, -0.2) is 0 Å². The van der Waals surface area contributed by atoms with Crippen LogP contribution in [0.5, 0.6) is 0 Å². The summed E-state index contributed by atoms with van der Waals surface area (Å²) < 4.78 is 0. The molecule has 0 aliphatic rings. The quantitative estimate of drug-likeness (QED) is 0.223. The first-order valence-electron chi connectivity index (χ1n) is 13.8. The minimum absolute atomic E-state index is 1.23. The third kappa shape index (κ3) is 3.85. The van der Waals surface area contributed by atoms with Gasteiger partial charge in [0, 0.05) is 0 Å². The van der Waals surface area contributed by atoms with Crippen molar-refractivity contribution in [3.05, 3.63) is 158 Å². The Balaban J connectivity index is 1.46. The van der Waals surface area contributed by atoms with Gasteiger partial charge in [0.05, 0.1) is 0 Å². The maximum atomic E-state index is 2.38. The summed E-state index contributed by atoms with van der Waals surface area (Å²) in [6.07, 6.45) is 0. The molecule has 0 atom stereocenters. The third-order valence-corrected chi connectivity index (χ3v) is 8.18. The van der Waals surface area contributed by atoms with Gasteiger partial charge in [-0.2, -0.15) is 0 Å². The van der Waals surface area contributed by atoms with E-state index in [2.05, 4.69) is 158 Å². The maximum absolute atomic E-state index is 2.38. The van der Waals surface area contributed by atoms with Crippen LogP contribution in [0.3, 0.4) is 0 Å². The first kappa shape index (κ1) is 22.8. The second-order valence-electron chi connectivity index (χ2n) is 10.6. The van der Waals surface area contributed by atoms with Crippen LogP contribution in [-0.2, 0) is 0 Å². The van der Waals surface area contributed by atoms with Crippen LogP contribution in [0.25, 0.3) is 76.5 Å². The van der Waals surface area contributed by atoms with Crippen LogP contribution in [0.4, 0.5) is 0 Å². The SMILES string of the molecule is c1ccc2cc(-c3cc4ccccc4cc3-c3cc4ccccc4cc3-c3ccc4ccccc4c3)ccc2c1. The summed E-state index contributed by atoms with van der Waals surface area (Å²) in [5.74, 6) is 0. The molecule has 0 saturated carbocycles. The van der Waals surface area contributed by atoms with Gasteiger partial charge < -0.3 is 0 Å². The summed E-state index contributed by atoms with van der Waals surface area (Å²) in [6.45, 7) is 0. The molecule has 40 heavy (non-hydrogen) atoms. The summed E-state index contributed by atoms with van der Waals surface area (Å²) in [4.78, 5) is 0. The number of fused-ring (bicyclic) bond motifs is 4. The molecule has 186 valence electrons. The van der Waals surface area contributed by atoms with E-state index in [0.29, 0.717) is 0 Å². The topological polar surface area (TPSA) is 0 Å². The highest BCUT2D eigenvalue weighted by molar-refractivity contribution is 6.05. The minimum atomic E-state index is 1.23. The van der Waals surface area contributed by atoms with Crippen molar-refractivity contribution in [1.29, 1.82) is 0 Å². The molecule has 0 nitrogen and oxygen atoms in total. The van der Waals surface area contributed by atoms with E-state index in [-0.39, 0.29) is 0 Å². The van der Waals surface area contributed by atoms with Gasteiger partial charge >= 0.3 is 0 Å². The zero-order valence-corrected chi connectivity index (χ0v) is 22.0. The van der Waals surface area contributed by atoms with Crippen LogP contribution in [0.15, 0.2) is 158 Å². The summed E-state index contributed by atoms with van der Waals surface area (Å²) in [5, 5.41) is 10.0. The molecule has 0 aromatic heterocycles. The Hall–Kier alpha value is -5.20. The Bertz CT molecular complexity index is 2060. The van der Waals surface area contributed by atoms with Crippen LogP contribution in [0.2, 0.25) is 0 Å². The molecule has 0 aliphatic heterocycles. The zero-order valence-electron chi connectivity index (χ0n) is 22.0. The average Bonchev–Trinajstić information content (AvgIpc) is 3.03. The van der Waals surface area contributed by atoms with Gasteiger partial charge in [-0.3, -0.25) is 0 Å². The third-order valence-electron chi connectivity index (χ3n) is 8.18. The molecule has 0 heterocycles. The molecule has 0 saturated heterocycles. The van der Waals surface area contributed by atoms with Crippen LogP contribution < -0.4 is 0 Å². The second kappa shape index (κ2) is 9.22. The largest absolute Gasteiger partial charge is 0.0616 e. The van der Waals surface area contributed by atoms with Gasteiger partial charge in [-0.05, 0) is 113 Å². The standard InChI is InChI=1S/C40H26/c1-3-11-29-21-35(19-17-27(29)9-1)37-23-31-13-5-7-15-33(31)25-39(37)40-26-34-16-8-6-14-32(34)24-38(40)36-20-18-28-10-2-4-12-30(28)22-36/h1-26H. The molecule has 8 aromatic rings. The first-order valence-corrected chi connectivity index (χ1v) is 13.8. The molecule has 0 N–H and O–H groups in total. The van der Waals surface area contributed by atoms with E-state index in [4.69, 9.17) is 0 Å². The average molecular weight is 507 g/mol. The predicted molar refractivity (Wildman–Crippen MR) is 173 cm³/mol. The van der Waals surface area contributed by atoms with E-state index in [1.807, 2.05) is 0 Å². The highest BCUT2D eigenvalue weighted by Gasteiger charge is 2.16. The van der Waals surface area contributed by atoms with E-state index in [1.165, 1.54) is 76.5 Å². The fraction of sp³-hybridized carbons (Fsp3) is 0. The Morgan fingerprint density at radius 1 is 0.200 bits per heavy atom. The van der Waals surface area contributed by atoms with E-state index in [1.54, 1.807) is 0 Å². The summed E-state index contributed by atoms with van der Waals surface area (Å²) in [6, 6.07) is 57.8. The first-order chi connectivity index (χ1) is 19.8. The van der Waals surface area contributed by atoms with Crippen LogP contribution in [-0.4, -0.2) is 0 Å². The Labute approximate surface area is 233 Å². The van der Waals surface area contributed by atoms with Gasteiger partial charge in [0.25, 0.3) is 0 Å². The molecule has 8 aromatic carbocycles. The van der Waals surface area contributed by atoms with Crippen molar-refractivity contribution in [2.24, 2.45) is 0 Å². The highest BCUT2D eigenvalue weighted by atomic mass is 14.2. The van der Waals surface area contributed by atoms with Crippen molar-refractivity contribution in [3.8, 4) is 33.4 Å². The molecule has 0 amide bonds. The smallest absolute Gasteiger partial charge is 0.00926 e. The van der Waals surface area contributed by atoms with Gasteiger partial charge in [0.1, 0.15) is 0 Å². The lowest BCUT2D eigenvalue weighted by molar-refractivity contribution is 1.61. The number of hydrogen-bond acceptors (Lipinski definition) is 0. The molecule has 0 aliphatic carbocycles.